The van der Waals surface area contributed by atoms with Gasteiger partial charge in [0.2, 0.25) is 0 Å². The molecule has 74 valence electrons. The van der Waals surface area contributed by atoms with E-state index in [9.17, 15) is 14.4 Å². The van der Waals surface area contributed by atoms with Crippen molar-refractivity contribution in [3.05, 3.63) is 0 Å². The molecular formula is C8H12O5. The molecule has 5 nitrogen and oxygen atoms in total. The molecule has 13 heavy (non-hydrogen) atoms. The molecule has 0 saturated heterocycles. The van der Waals surface area contributed by atoms with Crippen LogP contribution in [-0.2, 0) is 19.1 Å². The summed E-state index contributed by atoms with van der Waals surface area (Å²) in [5.74, 6) is -2.91. The van der Waals surface area contributed by atoms with E-state index >= 15 is 0 Å². The summed E-state index contributed by atoms with van der Waals surface area (Å²) in [5, 5.41) is 8.29. The van der Waals surface area contributed by atoms with Gasteiger partial charge < -0.3 is 9.84 Å². The smallest absolute Gasteiger partial charge is 0.375 e. The lowest BCUT2D eigenvalue weighted by atomic mass is 10.1. The van der Waals surface area contributed by atoms with Crippen molar-refractivity contribution in [2.45, 2.75) is 32.5 Å². The van der Waals surface area contributed by atoms with Gasteiger partial charge in [0, 0.05) is 0 Å². The summed E-state index contributed by atoms with van der Waals surface area (Å²) in [5.41, 5.74) is -0.726. The van der Waals surface area contributed by atoms with Crippen LogP contribution in [0.4, 0.5) is 0 Å². The van der Waals surface area contributed by atoms with E-state index in [0.29, 0.717) is 0 Å². The molecule has 0 aromatic heterocycles. The molecule has 0 radical (unpaired) electrons. The number of carbonyl (C=O) groups is 3. The Hall–Kier alpha value is -1.23. The zero-order valence-electron chi connectivity index (χ0n) is 7.73. The third kappa shape index (κ3) is 4.37. The van der Waals surface area contributed by atoms with Crippen LogP contribution in [0.15, 0.2) is 0 Å². The number of hydrogen-bond acceptors (Lipinski definition) is 4. The summed E-state index contributed by atoms with van der Waals surface area (Å²) in [6, 6.07) is 0. The first-order chi connectivity index (χ1) is 5.78. The Balaban J connectivity index is 4.45. The van der Waals surface area contributed by atoms with E-state index in [1.807, 2.05) is 0 Å². The van der Waals surface area contributed by atoms with Crippen LogP contribution in [0.2, 0.25) is 0 Å². The van der Waals surface area contributed by atoms with Crippen LogP contribution in [0.5, 0.6) is 0 Å². The summed E-state index contributed by atoms with van der Waals surface area (Å²) in [7, 11) is 0. The van der Waals surface area contributed by atoms with Gasteiger partial charge in [0.1, 0.15) is 0 Å². The maximum atomic E-state index is 10.8. The maximum absolute atomic E-state index is 10.8. The summed E-state index contributed by atoms with van der Waals surface area (Å²) >= 11 is 0. The molecule has 5 heteroatoms. The minimum absolute atomic E-state index is 0.182. The predicted molar refractivity (Wildman–Crippen MR) is 43.3 cm³/mol. The van der Waals surface area contributed by atoms with Gasteiger partial charge >= 0.3 is 5.97 Å². The van der Waals surface area contributed by atoms with Crippen molar-refractivity contribution in [1.82, 2.24) is 0 Å². The largest absolute Gasteiger partial charge is 0.475 e. The first kappa shape index (κ1) is 11.8. The summed E-state index contributed by atoms with van der Waals surface area (Å²) in [6.45, 7) is 4.87. The molecular weight excluding hydrogens is 176 g/mol. The Morgan fingerprint density at radius 2 is 1.85 bits per heavy atom. The standard InChI is InChI=1S/C8H12O5/c1-8(2,3)13-5(4-9)6(10)7(11)12/h4-5H,1-3H3,(H,11,12). The average Bonchev–Trinajstić information content (AvgIpc) is 1.97. The molecule has 0 aromatic rings. The maximum Gasteiger partial charge on any atom is 0.375 e. The Labute approximate surface area is 75.7 Å². The van der Waals surface area contributed by atoms with Crippen molar-refractivity contribution in [3.63, 3.8) is 0 Å². The van der Waals surface area contributed by atoms with Crippen LogP contribution in [-0.4, -0.2) is 34.9 Å². The van der Waals surface area contributed by atoms with Gasteiger partial charge in [0.15, 0.2) is 12.4 Å². The highest BCUT2D eigenvalue weighted by molar-refractivity contribution is 6.37. The van der Waals surface area contributed by atoms with Crippen molar-refractivity contribution in [3.8, 4) is 0 Å². The fraction of sp³-hybridized carbons (Fsp3) is 0.625. The van der Waals surface area contributed by atoms with Gasteiger partial charge in [-0.3, -0.25) is 9.59 Å². The molecule has 0 aromatic carbocycles. The van der Waals surface area contributed by atoms with E-state index in [2.05, 4.69) is 0 Å². The van der Waals surface area contributed by atoms with Crippen LogP contribution in [0, 0.1) is 0 Å². The number of aliphatic carboxylic acids is 1. The van der Waals surface area contributed by atoms with E-state index < -0.39 is 23.5 Å². The Kier molecular flexibility index (Phi) is 3.74. The molecule has 1 atom stereocenters. The second kappa shape index (κ2) is 4.13. The Morgan fingerprint density at radius 1 is 1.38 bits per heavy atom. The molecule has 0 amide bonds. The number of rotatable bonds is 4. The molecule has 0 aliphatic heterocycles. The summed E-state index contributed by atoms with van der Waals surface area (Å²) < 4.78 is 4.91. The van der Waals surface area contributed by atoms with Gasteiger partial charge in [-0.05, 0) is 20.8 Å². The SMILES string of the molecule is CC(C)(C)OC(C=O)C(=O)C(=O)O. The zero-order valence-corrected chi connectivity index (χ0v) is 7.73. The molecule has 0 aliphatic carbocycles. The predicted octanol–water partition coefficient (Wildman–Crippen LogP) is 0.0227. The third-order valence-corrected chi connectivity index (χ3v) is 1.07. The van der Waals surface area contributed by atoms with Crippen LogP contribution in [0.1, 0.15) is 20.8 Å². The van der Waals surface area contributed by atoms with Gasteiger partial charge in [-0.1, -0.05) is 0 Å². The fourth-order valence-electron chi connectivity index (χ4n) is 0.646. The van der Waals surface area contributed by atoms with E-state index in [1.54, 1.807) is 20.8 Å². The highest BCUT2D eigenvalue weighted by atomic mass is 16.5. The molecule has 0 fully saturated rings. The first-order valence-electron chi connectivity index (χ1n) is 3.68. The first-order valence-corrected chi connectivity index (χ1v) is 3.68. The molecule has 0 saturated carbocycles. The minimum atomic E-state index is -1.67. The molecule has 0 rings (SSSR count). The molecule has 0 heterocycles. The summed E-state index contributed by atoms with van der Waals surface area (Å²) in [6.07, 6.45) is -1.33. The normalized spacial score (nSPS) is 13.5. The second-order valence-electron chi connectivity index (χ2n) is 3.46. The summed E-state index contributed by atoms with van der Waals surface area (Å²) in [4.78, 5) is 31.3. The van der Waals surface area contributed by atoms with Crippen LogP contribution >= 0.6 is 0 Å². The van der Waals surface area contributed by atoms with E-state index in [4.69, 9.17) is 9.84 Å². The number of Topliss-reactive ketones (excluding diaryl/α,β-unsaturated/α-hetero) is 1. The Bertz CT molecular complexity index is 225. The van der Waals surface area contributed by atoms with E-state index in [-0.39, 0.29) is 6.29 Å². The van der Waals surface area contributed by atoms with Crippen molar-refractivity contribution < 1.29 is 24.2 Å². The molecule has 1 N–H and O–H groups in total. The number of carbonyl (C=O) groups excluding carboxylic acids is 2. The number of aldehydes is 1. The number of ether oxygens (including phenoxy) is 1. The average molecular weight is 188 g/mol. The lowest BCUT2D eigenvalue weighted by Gasteiger charge is -2.22. The fourth-order valence-corrected chi connectivity index (χ4v) is 0.646. The van der Waals surface area contributed by atoms with Gasteiger partial charge in [-0.25, -0.2) is 4.79 Å². The van der Waals surface area contributed by atoms with Crippen LogP contribution in [0.25, 0.3) is 0 Å². The van der Waals surface area contributed by atoms with Gasteiger partial charge in [0.05, 0.1) is 5.60 Å². The molecule has 0 bridgehead atoms. The van der Waals surface area contributed by atoms with Crippen molar-refractivity contribution >= 4 is 18.0 Å². The van der Waals surface area contributed by atoms with E-state index in [0.717, 1.165) is 0 Å². The quantitative estimate of drug-likeness (QED) is 0.382. The Morgan fingerprint density at radius 3 is 2.08 bits per heavy atom. The van der Waals surface area contributed by atoms with Gasteiger partial charge in [0.25, 0.3) is 5.78 Å². The minimum Gasteiger partial charge on any atom is -0.475 e. The van der Waals surface area contributed by atoms with Crippen LogP contribution < -0.4 is 0 Å². The highest BCUT2D eigenvalue weighted by Crippen LogP contribution is 2.10. The lowest BCUT2D eigenvalue weighted by molar-refractivity contribution is -0.161. The highest BCUT2D eigenvalue weighted by Gasteiger charge is 2.29. The van der Waals surface area contributed by atoms with Crippen molar-refractivity contribution in [2.24, 2.45) is 0 Å². The van der Waals surface area contributed by atoms with Crippen molar-refractivity contribution in [1.29, 1.82) is 0 Å². The molecule has 1 unspecified atom stereocenters. The zero-order chi connectivity index (χ0) is 10.6. The second-order valence-corrected chi connectivity index (χ2v) is 3.46. The third-order valence-electron chi connectivity index (χ3n) is 1.07. The number of carboxylic acids is 1. The molecule has 0 spiro atoms. The number of carboxylic acid groups (broad SMARTS) is 1. The number of ketones is 1. The van der Waals surface area contributed by atoms with Crippen molar-refractivity contribution in [2.75, 3.05) is 0 Å². The van der Waals surface area contributed by atoms with Gasteiger partial charge in [-0.15, -0.1) is 0 Å². The topological polar surface area (TPSA) is 80.7 Å². The lowest BCUT2D eigenvalue weighted by Crippen LogP contribution is -2.38. The van der Waals surface area contributed by atoms with Crippen LogP contribution in [0.3, 0.4) is 0 Å². The van der Waals surface area contributed by atoms with Gasteiger partial charge in [-0.2, -0.15) is 0 Å². The monoisotopic (exact) mass is 188 g/mol. The van der Waals surface area contributed by atoms with E-state index in [1.165, 1.54) is 0 Å². The number of hydrogen-bond donors (Lipinski definition) is 1. The molecule has 0 aliphatic rings.